The molecule has 1 heterocycles. The van der Waals surface area contributed by atoms with Gasteiger partial charge < -0.3 is 15.0 Å². The molecule has 0 aliphatic rings. The van der Waals surface area contributed by atoms with Crippen molar-refractivity contribution in [1.29, 1.82) is 5.26 Å². The number of carbonyl (C=O) groups excluding carboxylic acids is 1. The summed E-state index contributed by atoms with van der Waals surface area (Å²) in [6, 6.07) is 16.5. The van der Waals surface area contributed by atoms with Gasteiger partial charge in [-0.05, 0) is 49.5 Å². The summed E-state index contributed by atoms with van der Waals surface area (Å²) in [4.78, 5) is 19.0. The number of esters is 1. The zero-order chi connectivity index (χ0) is 23.6. The van der Waals surface area contributed by atoms with Crippen molar-refractivity contribution in [1.82, 2.24) is 9.88 Å². The summed E-state index contributed by atoms with van der Waals surface area (Å²) < 4.78 is 5.35. The molecule has 0 unspecified atom stereocenters. The van der Waals surface area contributed by atoms with Gasteiger partial charge in [0, 0.05) is 34.4 Å². The molecule has 3 aromatic rings. The summed E-state index contributed by atoms with van der Waals surface area (Å²) in [6.45, 7) is 7.09. The summed E-state index contributed by atoms with van der Waals surface area (Å²) in [6.07, 6.45) is 1.61. The van der Waals surface area contributed by atoms with Gasteiger partial charge in [0.15, 0.2) is 0 Å². The number of nitriles is 1. The Balaban J connectivity index is 1.60. The Labute approximate surface area is 203 Å². The summed E-state index contributed by atoms with van der Waals surface area (Å²) in [5, 5.41) is 15.9. The number of benzene rings is 2. The number of aromatic nitrogens is 1. The minimum absolute atomic E-state index is 0.348. The predicted octanol–water partition coefficient (Wildman–Crippen LogP) is 5.94. The molecule has 1 N–H and O–H groups in total. The molecule has 0 saturated heterocycles. The fourth-order valence-electron chi connectivity index (χ4n) is 3.04. The van der Waals surface area contributed by atoms with Crippen molar-refractivity contribution in [2.75, 3.05) is 31.6 Å². The number of allylic oxidation sites excluding steroid dienone is 1. The van der Waals surface area contributed by atoms with E-state index in [0.717, 1.165) is 36.6 Å². The normalized spacial score (nSPS) is 11.3. The highest BCUT2D eigenvalue weighted by Crippen LogP contribution is 2.27. The van der Waals surface area contributed by atoms with E-state index in [0.29, 0.717) is 27.8 Å². The maximum atomic E-state index is 12.2. The van der Waals surface area contributed by atoms with Crippen LogP contribution in [-0.2, 0) is 4.74 Å². The van der Waals surface area contributed by atoms with E-state index in [2.05, 4.69) is 35.1 Å². The van der Waals surface area contributed by atoms with Crippen molar-refractivity contribution in [2.24, 2.45) is 0 Å². The molecule has 8 heteroatoms. The van der Waals surface area contributed by atoms with Gasteiger partial charge in [-0.25, -0.2) is 9.78 Å². The molecule has 170 valence electrons. The van der Waals surface area contributed by atoms with E-state index in [9.17, 15) is 10.1 Å². The highest BCUT2D eigenvalue weighted by Gasteiger charge is 2.10. The van der Waals surface area contributed by atoms with Crippen molar-refractivity contribution in [3.63, 3.8) is 0 Å². The van der Waals surface area contributed by atoms with Gasteiger partial charge in [-0.3, -0.25) is 0 Å². The van der Waals surface area contributed by atoms with Gasteiger partial charge in [-0.2, -0.15) is 5.26 Å². The standard InChI is InChI=1S/C25H25ClN4O2S/c1-3-30(4-2)13-14-32-25(31)19-7-11-22(12-8-19)28-16-20(15-27)24-29-23(17-33-24)18-5-9-21(26)10-6-18/h5-12,16-17,28H,3-4,13-14H2,1-2H3. The SMILES string of the molecule is CCN(CC)CCOC(=O)c1ccc(NC=C(C#N)c2nc(-c3ccc(Cl)cc3)cs2)cc1. The second-order valence-electron chi connectivity index (χ2n) is 7.10. The molecule has 0 amide bonds. The highest BCUT2D eigenvalue weighted by molar-refractivity contribution is 7.11. The van der Waals surface area contributed by atoms with Gasteiger partial charge in [0.1, 0.15) is 23.3 Å². The number of nitrogens with one attached hydrogen (secondary N) is 1. The molecule has 0 aliphatic heterocycles. The molecule has 2 aromatic carbocycles. The third kappa shape index (κ3) is 6.90. The molecule has 33 heavy (non-hydrogen) atoms. The van der Waals surface area contributed by atoms with Crippen molar-refractivity contribution < 1.29 is 9.53 Å². The van der Waals surface area contributed by atoms with Gasteiger partial charge in [-0.15, -0.1) is 11.3 Å². The van der Waals surface area contributed by atoms with Crippen LogP contribution in [0.25, 0.3) is 16.8 Å². The van der Waals surface area contributed by atoms with Crippen LogP contribution >= 0.6 is 22.9 Å². The number of ether oxygens (including phenoxy) is 1. The highest BCUT2D eigenvalue weighted by atomic mass is 35.5. The largest absolute Gasteiger partial charge is 0.461 e. The lowest BCUT2D eigenvalue weighted by Gasteiger charge is -2.17. The Morgan fingerprint density at radius 1 is 1.18 bits per heavy atom. The van der Waals surface area contributed by atoms with Crippen LogP contribution in [0.15, 0.2) is 60.1 Å². The number of halogens is 1. The molecule has 0 bridgehead atoms. The van der Waals surface area contributed by atoms with E-state index in [4.69, 9.17) is 16.3 Å². The first-order valence-electron chi connectivity index (χ1n) is 10.6. The fourth-order valence-corrected chi connectivity index (χ4v) is 3.96. The quantitative estimate of drug-likeness (QED) is 0.286. The third-order valence-corrected chi connectivity index (χ3v) is 6.16. The van der Waals surface area contributed by atoms with E-state index in [1.54, 1.807) is 30.5 Å². The van der Waals surface area contributed by atoms with Crippen molar-refractivity contribution in [2.45, 2.75) is 13.8 Å². The molecule has 6 nitrogen and oxygen atoms in total. The van der Waals surface area contributed by atoms with Gasteiger partial charge in [0.05, 0.1) is 11.3 Å². The summed E-state index contributed by atoms with van der Waals surface area (Å²) in [7, 11) is 0. The number of hydrogen-bond donors (Lipinski definition) is 1. The monoisotopic (exact) mass is 480 g/mol. The minimum atomic E-state index is -0.348. The Morgan fingerprint density at radius 2 is 1.88 bits per heavy atom. The Hall–Kier alpha value is -3.18. The maximum Gasteiger partial charge on any atom is 0.338 e. The molecule has 1 aromatic heterocycles. The van der Waals surface area contributed by atoms with Crippen LogP contribution in [0.5, 0.6) is 0 Å². The average molecular weight is 481 g/mol. The number of hydrogen-bond acceptors (Lipinski definition) is 7. The summed E-state index contributed by atoms with van der Waals surface area (Å²) in [5.41, 5.74) is 3.37. The number of rotatable bonds is 10. The first-order chi connectivity index (χ1) is 16.0. The van der Waals surface area contributed by atoms with E-state index in [1.807, 2.05) is 29.6 Å². The Morgan fingerprint density at radius 3 is 2.52 bits per heavy atom. The smallest absolute Gasteiger partial charge is 0.338 e. The molecule has 0 atom stereocenters. The predicted molar refractivity (Wildman–Crippen MR) is 134 cm³/mol. The maximum absolute atomic E-state index is 12.2. The van der Waals surface area contributed by atoms with Crippen LogP contribution in [0, 0.1) is 11.3 Å². The fraction of sp³-hybridized carbons (Fsp3) is 0.240. The van der Waals surface area contributed by atoms with Crippen LogP contribution < -0.4 is 5.32 Å². The number of likely N-dealkylation sites (N-methyl/N-ethyl adjacent to an activating group) is 1. The lowest BCUT2D eigenvalue weighted by atomic mass is 10.2. The van der Waals surface area contributed by atoms with Crippen LogP contribution in [0.3, 0.4) is 0 Å². The lowest BCUT2D eigenvalue weighted by Crippen LogP contribution is -2.27. The summed E-state index contributed by atoms with van der Waals surface area (Å²) in [5.74, 6) is -0.348. The van der Waals surface area contributed by atoms with Crippen LogP contribution in [0.1, 0.15) is 29.2 Å². The van der Waals surface area contributed by atoms with Crippen molar-refractivity contribution >= 4 is 40.2 Å². The van der Waals surface area contributed by atoms with E-state index < -0.39 is 0 Å². The molecule has 0 aliphatic carbocycles. The van der Waals surface area contributed by atoms with E-state index in [1.165, 1.54) is 11.3 Å². The van der Waals surface area contributed by atoms with Crippen LogP contribution in [0.2, 0.25) is 5.02 Å². The topological polar surface area (TPSA) is 78.2 Å². The number of anilines is 1. The lowest BCUT2D eigenvalue weighted by molar-refractivity contribution is 0.0466. The molecule has 0 saturated carbocycles. The number of carbonyl (C=O) groups is 1. The number of thiazole rings is 1. The Kier molecular flexibility index (Phi) is 9.02. The second-order valence-corrected chi connectivity index (χ2v) is 8.39. The zero-order valence-electron chi connectivity index (χ0n) is 18.5. The molecular formula is C25H25ClN4O2S. The molecular weight excluding hydrogens is 456 g/mol. The van der Waals surface area contributed by atoms with Gasteiger partial charge >= 0.3 is 5.97 Å². The first kappa shape index (κ1) is 24.5. The van der Waals surface area contributed by atoms with E-state index in [-0.39, 0.29) is 5.97 Å². The first-order valence-corrected chi connectivity index (χ1v) is 11.9. The van der Waals surface area contributed by atoms with Crippen molar-refractivity contribution in [3.8, 4) is 17.3 Å². The number of nitrogens with zero attached hydrogens (tertiary/aromatic N) is 3. The third-order valence-electron chi connectivity index (χ3n) is 5.03. The second kappa shape index (κ2) is 12.2. The molecule has 0 spiro atoms. The van der Waals surface area contributed by atoms with Gasteiger partial charge in [-0.1, -0.05) is 37.6 Å². The zero-order valence-corrected chi connectivity index (χ0v) is 20.1. The van der Waals surface area contributed by atoms with Crippen LogP contribution in [0.4, 0.5) is 5.69 Å². The average Bonchev–Trinajstić information content (AvgIpc) is 3.33. The van der Waals surface area contributed by atoms with Gasteiger partial charge in [0.2, 0.25) is 0 Å². The molecule has 0 radical (unpaired) electrons. The van der Waals surface area contributed by atoms with Gasteiger partial charge in [0.25, 0.3) is 0 Å². The van der Waals surface area contributed by atoms with E-state index >= 15 is 0 Å². The molecule has 0 fully saturated rings. The summed E-state index contributed by atoms with van der Waals surface area (Å²) >= 11 is 7.34. The van der Waals surface area contributed by atoms with Crippen molar-refractivity contribution in [3.05, 3.63) is 75.7 Å². The Bertz CT molecular complexity index is 1130. The molecule has 3 rings (SSSR count). The van der Waals surface area contributed by atoms with Crippen LogP contribution in [-0.4, -0.2) is 42.1 Å². The minimum Gasteiger partial charge on any atom is -0.461 e.